The minimum absolute atomic E-state index is 0.0900. The van der Waals surface area contributed by atoms with Gasteiger partial charge in [-0.25, -0.2) is 9.37 Å². The predicted octanol–water partition coefficient (Wildman–Crippen LogP) is 0.695. The Hall–Kier alpha value is -3.23. The molecular weight excluding hydrogens is 355 g/mol. The number of fused-ring (bicyclic) bond motifs is 3. The van der Waals surface area contributed by atoms with Crippen LogP contribution in [-0.4, -0.2) is 37.9 Å². The maximum atomic E-state index is 12.9. The fraction of sp³-hybridized carbons (Fsp3) is 0.333. The summed E-state index contributed by atoms with van der Waals surface area (Å²) in [4.78, 5) is 43.0. The molecule has 1 saturated heterocycles. The van der Waals surface area contributed by atoms with Gasteiger partial charge >= 0.3 is 0 Å². The van der Waals surface area contributed by atoms with Gasteiger partial charge in [0.05, 0.1) is 6.04 Å². The summed E-state index contributed by atoms with van der Waals surface area (Å²) in [6, 6.07) is 5.23. The van der Waals surface area contributed by atoms with Crippen molar-refractivity contribution in [2.24, 2.45) is 0 Å². The second-order valence-electron chi connectivity index (χ2n) is 6.61. The smallest absolute Gasteiger partial charge is 0.297 e. The Bertz CT molecular complexity index is 986. The normalized spacial score (nSPS) is 18.2. The van der Waals surface area contributed by atoms with Gasteiger partial charge in [0.25, 0.3) is 11.5 Å². The summed E-state index contributed by atoms with van der Waals surface area (Å²) in [6.07, 6.45) is 1.44. The number of amides is 2. The van der Waals surface area contributed by atoms with E-state index in [-0.39, 0.29) is 36.5 Å². The lowest BCUT2D eigenvalue weighted by Gasteiger charge is -2.31. The van der Waals surface area contributed by atoms with Crippen molar-refractivity contribution in [1.82, 2.24) is 19.8 Å². The van der Waals surface area contributed by atoms with Crippen molar-refractivity contribution < 1.29 is 19.1 Å². The fourth-order valence-electron chi connectivity index (χ4n) is 3.55. The fourth-order valence-corrected chi connectivity index (χ4v) is 3.55. The van der Waals surface area contributed by atoms with E-state index in [9.17, 15) is 23.9 Å². The summed E-state index contributed by atoms with van der Waals surface area (Å²) < 4.78 is 14.1. The molecule has 27 heavy (non-hydrogen) atoms. The van der Waals surface area contributed by atoms with E-state index >= 15 is 0 Å². The number of nitrogens with one attached hydrogen (secondary N) is 1. The second kappa shape index (κ2) is 6.49. The minimum Gasteiger partial charge on any atom is -0.501 e. The van der Waals surface area contributed by atoms with E-state index in [1.807, 2.05) is 0 Å². The van der Waals surface area contributed by atoms with Crippen LogP contribution in [0.4, 0.5) is 4.39 Å². The molecule has 1 aromatic heterocycles. The van der Waals surface area contributed by atoms with Crippen LogP contribution in [0.2, 0.25) is 0 Å². The molecule has 2 amide bonds. The topological polar surface area (TPSA) is 105 Å². The highest BCUT2D eigenvalue weighted by Crippen LogP contribution is 2.34. The first-order valence-electron chi connectivity index (χ1n) is 8.61. The first-order chi connectivity index (χ1) is 13.0. The van der Waals surface area contributed by atoms with Crippen molar-refractivity contribution in [3.8, 4) is 5.75 Å². The van der Waals surface area contributed by atoms with Crippen LogP contribution in [0.5, 0.6) is 5.75 Å². The van der Waals surface area contributed by atoms with E-state index < -0.39 is 17.2 Å². The number of carbonyl (C=O) groups is 2. The van der Waals surface area contributed by atoms with Gasteiger partial charge in [-0.1, -0.05) is 12.1 Å². The quantitative estimate of drug-likeness (QED) is 0.825. The molecular formula is C18H17FN4O4. The van der Waals surface area contributed by atoms with Crippen LogP contribution in [0.25, 0.3) is 0 Å². The van der Waals surface area contributed by atoms with Crippen molar-refractivity contribution in [2.75, 3.05) is 6.54 Å². The molecule has 2 aromatic rings. The Morgan fingerprint density at radius 2 is 2.04 bits per heavy atom. The molecule has 0 radical (unpaired) electrons. The number of hydrogen-bond acceptors (Lipinski definition) is 5. The summed E-state index contributed by atoms with van der Waals surface area (Å²) in [6.45, 7) is 0.488. The standard InChI is InChI=1S/C18H17FN4O4/c19-11-5-3-10(4-6-11)8-20-17(26)14-15(25)18(27)23-9-13(24)22-7-1-2-12(22)16(23)21-14/h3-6,12,25H,1-2,7-9H2,(H,20,26). The largest absolute Gasteiger partial charge is 0.501 e. The number of nitrogens with zero attached hydrogens (tertiary/aromatic N) is 3. The van der Waals surface area contributed by atoms with Gasteiger partial charge in [0, 0.05) is 13.1 Å². The molecule has 4 rings (SSSR count). The van der Waals surface area contributed by atoms with Crippen molar-refractivity contribution in [3.63, 3.8) is 0 Å². The third-order valence-corrected chi connectivity index (χ3v) is 4.92. The molecule has 2 aliphatic rings. The van der Waals surface area contributed by atoms with Crippen LogP contribution in [0.1, 0.15) is 40.8 Å². The third-order valence-electron chi connectivity index (χ3n) is 4.92. The number of hydrogen-bond donors (Lipinski definition) is 2. The molecule has 0 spiro atoms. The number of benzene rings is 1. The Balaban J connectivity index is 1.63. The molecule has 2 aliphatic heterocycles. The SMILES string of the molecule is O=C(NCc1ccc(F)cc1)c1nc2n(c(=O)c1O)CC(=O)N1CCCC21. The van der Waals surface area contributed by atoms with Crippen LogP contribution >= 0.6 is 0 Å². The van der Waals surface area contributed by atoms with Gasteiger partial charge in [-0.3, -0.25) is 19.0 Å². The van der Waals surface area contributed by atoms with Crippen molar-refractivity contribution in [2.45, 2.75) is 32.0 Å². The number of halogens is 1. The van der Waals surface area contributed by atoms with Crippen LogP contribution in [0, 0.1) is 5.82 Å². The Morgan fingerprint density at radius 3 is 2.78 bits per heavy atom. The Kier molecular flexibility index (Phi) is 4.14. The van der Waals surface area contributed by atoms with Crippen LogP contribution in [0.3, 0.4) is 0 Å². The van der Waals surface area contributed by atoms with E-state index in [1.165, 1.54) is 24.3 Å². The van der Waals surface area contributed by atoms with Gasteiger partial charge in [-0.05, 0) is 30.5 Å². The summed E-state index contributed by atoms with van der Waals surface area (Å²) in [5.74, 6) is -1.75. The summed E-state index contributed by atoms with van der Waals surface area (Å²) in [5.41, 5.74) is -0.507. The van der Waals surface area contributed by atoms with Crippen LogP contribution < -0.4 is 10.9 Å². The molecule has 9 heteroatoms. The molecule has 8 nitrogen and oxygen atoms in total. The lowest BCUT2D eigenvalue weighted by atomic mass is 10.1. The van der Waals surface area contributed by atoms with E-state index in [4.69, 9.17) is 0 Å². The molecule has 1 fully saturated rings. The van der Waals surface area contributed by atoms with Gasteiger partial charge in [0.1, 0.15) is 18.2 Å². The first kappa shape index (κ1) is 17.2. The maximum absolute atomic E-state index is 12.9. The first-order valence-corrected chi connectivity index (χ1v) is 8.61. The molecule has 140 valence electrons. The number of aromatic hydroxyl groups is 1. The molecule has 1 atom stereocenters. The maximum Gasteiger partial charge on any atom is 0.297 e. The molecule has 0 bridgehead atoms. The van der Waals surface area contributed by atoms with E-state index in [2.05, 4.69) is 10.3 Å². The zero-order valence-corrected chi connectivity index (χ0v) is 14.3. The van der Waals surface area contributed by atoms with Gasteiger partial charge in [-0.2, -0.15) is 0 Å². The second-order valence-corrected chi connectivity index (χ2v) is 6.61. The average Bonchev–Trinajstić information content (AvgIpc) is 3.15. The summed E-state index contributed by atoms with van der Waals surface area (Å²) in [7, 11) is 0. The van der Waals surface area contributed by atoms with E-state index in [0.717, 1.165) is 11.0 Å². The highest BCUT2D eigenvalue weighted by atomic mass is 19.1. The highest BCUT2D eigenvalue weighted by Gasteiger charge is 2.39. The van der Waals surface area contributed by atoms with Crippen LogP contribution in [-0.2, 0) is 17.9 Å². The van der Waals surface area contributed by atoms with Gasteiger partial charge < -0.3 is 15.3 Å². The Morgan fingerprint density at radius 1 is 1.30 bits per heavy atom. The van der Waals surface area contributed by atoms with Gasteiger partial charge in [-0.15, -0.1) is 0 Å². The monoisotopic (exact) mass is 372 g/mol. The van der Waals surface area contributed by atoms with E-state index in [1.54, 1.807) is 4.90 Å². The molecule has 1 unspecified atom stereocenters. The molecule has 0 aliphatic carbocycles. The molecule has 2 N–H and O–H groups in total. The highest BCUT2D eigenvalue weighted by molar-refractivity contribution is 5.94. The zero-order valence-electron chi connectivity index (χ0n) is 14.3. The zero-order chi connectivity index (χ0) is 19.1. The average molecular weight is 372 g/mol. The van der Waals surface area contributed by atoms with Crippen molar-refractivity contribution in [1.29, 1.82) is 0 Å². The van der Waals surface area contributed by atoms with Crippen molar-refractivity contribution in [3.05, 3.63) is 57.5 Å². The summed E-state index contributed by atoms with van der Waals surface area (Å²) >= 11 is 0. The van der Waals surface area contributed by atoms with Crippen molar-refractivity contribution >= 4 is 11.8 Å². The number of carbonyl (C=O) groups excluding carboxylic acids is 2. The molecule has 1 aromatic carbocycles. The van der Waals surface area contributed by atoms with E-state index in [0.29, 0.717) is 24.4 Å². The summed E-state index contributed by atoms with van der Waals surface area (Å²) in [5, 5.41) is 12.7. The van der Waals surface area contributed by atoms with Gasteiger partial charge in [0.15, 0.2) is 5.69 Å². The minimum atomic E-state index is -0.799. The lowest BCUT2D eigenvalue weighted by Crippen LogP contribution is -2.45. The predicted molar refractivity (Wildman–Crippen MR) is 91.4 cm³/mol. The lowest BCUT2D eigenvalue weighted by molar-refractivity contribution is -0.134. The van der Waals surface area contributed by atoms with Gasteiger partial charge in [0.2, 0.25) is 11.7 Å². The third kappa shape index (κ3) is 2.94. The van der Waals surface area contributed by atoms with Crippen LogP contribution in [0.15, 0.2) is 29.1 Å². The Labute approximate surface area is 153 Å². The molecule has 0 saturated carbocycles. The number of rotatable bonds is 3. The molecule has 3 heterocycles. The number of aromatic nitrogens is 2.